The molecule has 1 saturated heterocycles. The van der Waals surface area contributed by atoms with Crippen molar-refractivity contribution in [2.24, 2.45) is 0 Å². The van der Waals surface area contributed by atoms with E-state index >= 15 is 0 Å². The summed E-state index contributed by atoms with van der Waals surface area (Å²) in [6.45, 7) is 7.74. The lowest BCUT2D eigenvalue weighted by molar-refractivity contribution is -0.134. The van der Waals surface area contributed by atoms with Crippen LogP contribution in [0, 0.1) is 0 Å². The van der Waals surface area contributed by atoms with Crippen LogP contribution in [-0.2, 0) is 9.53 Å². The maximum atomic E-state index is 12.0. The fourth-order valence-corrected chi connectivity index (χ4v) is 2.30. The first kappa shape index (κ1) is 15.4. The van der Waals surface area contributed by atoms with Gasteiger partial charge in [0.15, 0.2) is 0 Å². The van der Waals surface area contributed by atoms with E-state index in [1.165, 1.54) is 25.7 Å². The zero-order chi connectivity index (χ0) is 13.2. The van der Waals surface area contributed by atoms with Crippen LogP contribution in [0.1, 0.15) is 46.0 Å². The van der Waals surface area contributed by atoms with Crippen molar-refractivity contribution in [3.63, 3.8) is 0 Å². The Kier molecular flexibility index (Phi) is 8.01. The topological polar surface area (TPSA) is 41.6 Å². The number of amides is 1. The summed E-state index contributed by atoms with van der Waals surface area (Å²) >= 11 is 0. The zero-order valence-electron chi connectivity index (χ0n) is 11.9. The predicted molar refractivity (Wildman–Crippen MR) is 73.6 cm³/mol. The molecular weight excluding hydrogens is 228 g/mol. The smallest absolute Gasteiger partial charge is 0.236 e. The van der Waals surface area contributed by atoms with Crippen molar-refractivity contribution in [3.8, 4) is 0 Å². The molecule has 0 aromatic rings. The monoisotopic (exact) mass is 256 g/mol. The van der Waals surface area contributed by atoms with Gasteiger partial charge in [-0.2, -0.15) is 0 Å². The Hall–Kier alpha value is -0.610. The van der Waals surface area contributed by atoms with Gasteiger partial charge in [-0.05, 0) is 12.8 Å². The zero-order valence-corrected chi connectivity index (χ0v) is 11.9. The Labute approximate surface area is 111 Å². The second-order valence-corrected chi connectivity index (χ2v) is 5.00. The number of rotatable bonds is 8. The first-order chi connectivity index (χ1) is 8.77. The summed E-state index contributed by atoms with van der Waals surface area (Å²) in [5.41, 5.74) is 0. The van der Waals surface area contributed by atoms with Crippen LogP contribution in [0.5, 0.6) is 0 Å². The largest absolute Gasteiger partial charge is 0.378 e. The van der Waals surface area contributed by atoms with Crippen LogP contribution in [0.2, 0.25) is 0 Å². The van der Waals surface area contributed by atoms with E-state index in [4.69, 9.17) is 4.74 Å². The van der Waals surface area contributed by atoms with Gasteiger partial charge in [0, 0.05) is 19.1 Å². The van der Waals surface area contributed by atoms with Crippen LogP contribution < -0.4 is 5.32 Å². The molecule has 0 saturated carbocycles. The summed E-state index contributed by atoms with van der Waals surface area (Å²) in [6.07, 6.45) is 5.98. The van der Waals surface area contributed by atoms with Gasteiger partial charge in [-0.1, -0.05) is 33.1 Å². The van der Waals surface area contributed by atoms with E-state index in [1.54, 1.807) is 0 Å². The number of carbonyl (C=O) groups excluding carboxylic acids is 1. The lowest BCUT2D eigenvalue weighted by Gasteiger charge is -2.28. The van der Waals surface area contributed by atoms with Crippen LogP contribution in [0.4, 0.5) is 0 Å². The predicted octanol–water partition coefficient (Wildman–Crippen LogP) is 1.79. The highest BCUT2D eigenvalue weighted by Gasteiger charge is 2.17. The minimum absolute atomic E-state index is 0.218. The second-order valence-electron chi connectivity index (χ2n) is 5.00. The highest BCUT2D eigenvalue weighted by atomic mass is 16.5. The third-order valence-electron chi connectivity index (χ3n) is 3.45. The normalized spacial score (nSPS) is 17.8. The minimum atomic E-state index is 0.218. The average molecular weight is 256 g/mol. The SMILES string of the molecule is CCCCC(CCC)NCC(=O)N1CCOCC1. The molecule has 0 aliphatic carbocycles. The van der Waals surface area contributed by atoms with E-state index < -0.39 is 0 Å². The summed E-state index contributed by atoms with van der Waals surface area (Å²) in [5.74, 6) is 0.218. The van der Waals surface area contributed by atoms with Gasteiger partial charge in [0.25, 0.3) is 0 Å². The van der Waals surface area contributed by atoms with Gasteiger partial charge in [0.05, 0.1) is 19.8 Å². The molecule has 1 atom stereocenters. The molecule has 1 aliphatic heterocycles. The van der Waals surface area contributed by atoms with Crippen molar-refractivity contribution in [1.82, 2.24) is 10.2 Å². The summed E-state index contributed by atoms with van der Waals surface area (Å²) < 4.78 is 5.25. The summed E-state index contributed by atoms with van der Waals surface area (Å²) in [5, 5.41) is 3.42. The Morgan fingerprint density at radius 1 is 1.22 bits per heavy atom. The third-order valence-corrected chi connectivity index (χ3v) is 3.45. The standard InChI is InChI=1S/C14H28N2O2/c1-3-5-7-13(6-4-2)15-12-14(17)16-8-10-18-11-9-16/h13,15H,3-12H2,1-2H3. The molecule has 1 unspecified atom stereocenters. The summed E-state index contributed by atoms with van der Waals surface area (Å²) in [4.78, 5) is 13.9. The molecule has 18 heavy (non-hydrogen) atoms. The second kappa shape index (κ2) is 9.34. The van der Waals surface area contributed by atoms with Crippen LogP contribution in [0.25, 0.3) is 0 Å². The van der Waals surface area contributed by atoms with E-state index in [2.05, 4.69) is 19.2 Å². The number of nitrogens with zero attached hydrogens (tertiary/aromatic N) is 1. The highest BCUT2D eigenvalue weighted by Crippen LogP contribution is 2.07. The number of hydrogen-bond donors (Lipinski definition) is 1. The van der Waals surface area contributed by atoms with E-state index in [1.807, 2.05) is 4.90 Å². The minimum Gasteiger partial charge on any atom is -0.378 e. The van der Waals surface area contributed by atoms with E-state index in [9.17, 15) is 4.79 Å². The van der Waals surface area contributed by atoms with Crippen molar-refractivity contribution < 1.29 is 9.53 Å². The van der Waals surface area contributed by atoms with Crippen molar-refractivity contribution in [2.75, 3.05) is 32.8 Å². The quantitative estimate of drug-likeness (QED) is 0.720. The fourth-order valence-electron chi connectivity index (χ4n) is 2.30. The Balaban J connectivity index is 2.24. The van der Waals surface area contributed by atoms with Gasteiger partial charge >= 0.3 is 0 Å². The van der Waals surface area contributed by atoms with Gasteiger partial charge in [-0.3, -0.25) is 4.79 Å². The molecule has 1 N–H and O–H groups in total. The highest BCUT2D eigenvalue weighted by molar-refractivity contribution is 5.78. The van der Waals surface area contributed by atoms with E-state index in [0.29, 0.717) is 25.8 Å². The Morgan fingerprint density at radius 3 is 2.56 bits per heavy atom. The molecule has 1 rings (SSSR count). The van der Waals surface area contributed by atoms with Gasteiger partial charge in [-0.25, -0.2) is 0 Å². The lowest BCUT2D eigenvalue weighted by Crippen LogP contribution is -2.46. The molecule has 4 heteroatoms. The molecule has 0 radical (unpaired) electrons. The molecule has 1 amide bonds. The molecule has 0 bridgehead atoms. The third kappa shape index (κ3) is 5.83. The Morgan fingerprint density at radius 2 is 1.94 bits per heavy atom. The molecule has 1 heterocycles. The first-order valence-corrected chi connectivity index (χ1v) is 7.36. The Bertz CT molecular complexity index is 228. The van der Waals surface area contributed by atoms with Gasteiger partial charge < -0.3 is 15.0 Å². The maximum absolute atomic E-state index is 12.0. The van der Waals surface area contributed by atoms with E-state index in [-0.39, 0.29) is 5.91 Å². The van der Waals surface area contributed by atoms with Crippen LogP contribution >= 0.6 is 0 Å². The maximum Gasteiger partial charge on any atom is 0.236 e. The van der Waals surface area contributed by atoms with Crippen molar-refractivity contribution >= 4 is 5.91 Å². The van der Waals surface area contributed by atoms with Crippen LogP contribution in [0.15, 0.2) is 0 Å². The summed E-state index contributed by atoms with van der Waals surface area (Å²) in [7, 11) is 0. The number of morpholine rings is 1. The number of carbonyl (C=O) groups is 1. The number of hydrogen-bond acceptors (Lipinski definition) is 3. The lowest BCUT2D eigenvalue weighted by atomic mass is 10.1. The fraction of sp³-hybridized carbons (Fsp3) is 0.929. The molecular formula is C14H28N2O2. The van der Waals surface area contributed by atoms with Gasteiger partial charge in [-0.15, -0.1) is 0 Å². The van der Waals surface area contributed by atoms with E-state index in [0.717, 1.165) is 19.5 Å². The molecule has 0 spiro atoms. The molecule has 4 nitrogen and oxygen atoms in total. The van der Waals surface area contributed by atoms with Crippen LogP contribution in [0.3, 0.4) is 0 Å². The molecule has 0 aromatic carbocycles. The number of ether oxygens (including phenoxy) is 1. The molecule has 0 aromatic heterocycles. The van der Waals surface area contributed by atoms with Crippen molar-refractivity contribution in [2.45, 2.75) is 52.0 Å². The molecule has 1 aliphatic rings. The first-order valence-electron chi connectivity index (χ1n) is 7.36. The summed E-state index contributed by atoms with van der Waals surface area (Å²) in [6, 6.07) is 0.500. The number of unbranched alkanes of at least 4 members (excludes halogenated alkanes) is 1. The van der Waals surface area contributed by atoms with Crippen molar-refractivity contribution in [3.05, 3.63) is 0 Å². The average Bonchev–Trinajstić information content (AvgIpc) is 2.42. The molecule has 1 fully saturated rings. The number of nitrogens with one attached hydrogen (secondary N) is 1. The van der Waals surface area contributed by atoms with Gasteiger partial charge in [0.1, 0.15) is 0 Å². The van der Waals surface area contributed by atoms with Crippen molar-refractivity contribution in [1.29, 1.82) is 0 Å². The molecule has 106 valence electrons. The van der Waals surface area contributed by atoms with Gasteiger partial charge in [0.2, 0.25) is 5.91 Å². The van der Waals surface area contributed by atoms with Crippen LogP contribution in [-0.4, -0.2) is 49.7 Å².